The highest BCUT2D eigenvalue weighted by atomic mass is 32.2. The monoisotopic (exact) mass is 142 g/mol. The molecule has 0 atom stereocenters. The van der Waals surface area contributed by atoms with Crippen LogP contribution in [0.3, 0.4) is 0 Å². The topological polar surface area (TPSA) is 57.5 Å². The average molecular weight is 142 g/mol. The van der Waals surface area contributed by atoms with Crippen LogP contribution in [0, 0.1) is 0 Å². The molecule has 0 rings (SSSR count). The molecule has 2 N–H and O–H groups in total. The number of hydrogen-bond acceptors (Lipinski definition) is 1. The second-order valence-electron chi connectivity index (χ2n) is 0.907. The van der Waals surface area contributed by atoms with Crippen LogP contribution in [0.4, 0.5) is 4.39 Å². The van der Waals surface area contributed by atoms with Gasteiger partial charge in [-0.1, -0.05) is 6.58 Å². The van der Waals surface area contributed by atoms with Gasteiger partial charge in [0.2, 0.25) is 0 Å². The Morgan fingerprint density at radius 3 is 1.75 bits per heavy atom. The zero-order valence-corrected chi connectivity index (χ0v) is 5.11. The maximum atomic E-state index is 10.8. The van der Waals surface area contributed by atoms with Gasteiger partial charge in [0, 0.05) is 0 Å². The van der Waals surface area contributed by atoms with Crippen molar-refractivity contribution in [1.29, 1.82) is 0 Å². The maximum absolute atomic E-state index is 10.8. The zero-order chi connectivity index (χ0) is 7.15. The van der Waals surface area contributed by atoms with E-state index in [1.165, 1.54) is 6.92 Å². The van der Waals surface area contributed by atoms with Gasteiger partial charge in [-0.3, -0.25) is 9.11 Å². The normalized spacial score (nSPS) is 7.62. The fourth-order valence-electron chi connectivity index (χ4n) is 0. The standard InChI is InChI=1S/C3H5F.H2O3S/c1-3(2)4;1-4(2)3/h1H2,2H3;(H2,1,2,3). The predicted octanol–water partition coefficient (Wildman–Crippen LogP) is 1.17. The van der Waals surface area contributed by atoms with E-state index in [4.69, 9.17) is 13.3 Å². The van der Waals surface area contributed by atoms with Gasteiger partial charge in [-0.2, -0.15) is 4.21 Å². The van der Waals surface area contributed by atoms with Crippen LogP contribution in [0.15, 0.2) is 12.4 Å². The SMILES string of the molecule is C=C(C)F.O=S(O)O. The second kappa shape index (κ2) is 6.74. The van der Waals surface area contributed by atoms with Crippen LogP contribution in [0.25, 0.3) is 0 Å². The van der Waals surface area contributed by atoms with Crippen molar-refractivity contribution in [3.63, 3.8) is 0 Å². The Bertz CT molecular complexity index is 72.5. The van der Waals surface area contributed by atoms with Crippen LogP contribution in [0.1, 0.15) is 6.92 Å². The summed E-state index contributed by atoms with van der Waals surface area (Å²) in [5.41, 5.74) is 0. The van der Waals surface area contributed by atoms with Crippen molar-refractivity contribution in [3.8, 4) is 0 Å². The molecule has 0 aromatic heterocycles. The van der Waals surface area contributed by atoms with E-state index >= 15 is 0 Å². The molecule has 0 heterocycles. The van der Waals surface area contributed by atoms with Gasteiger partial charge < -0.3 is 0 Å². The van der Waals surface area contributed by atoms with Crippen LogP contribution in [0.5, 0.6) is 0 Å². The van der Waals surface area contributed by atoms with Crippen LogP contribution in [0.2, 0.25) is 0 Å². The largest absolute Gasteiger partial charge is 0.299 e. The Balaban J connectivity index is 0. The van der Waals surface area contributed by atoms with Gasteiger partial charge in [-0.25, -0.2) is 4.39 Å². The Labute approximate surface area is 49.3 Å². The molecular weight excluding hydrogens is 135 g/mol. The van der Waals surface area contributed by atoms with Gasteiger partial charge in [0.15, 0.2) is 0 Å². The minimum atomic E-state index is -2.61. The summed E-state index contributed by atoms with van der Waals surface area (Å²) in [6.45, 7) is 4.19. The van der Waals surface area contributed by atoms with E-state index in [9.17, 15) is 4.39 Å². The van der Waals surface area contributed by atoms with Crippen LogP contribution in [-0.4, -0.2) is 13.3 Å². The highest BCUT2D eigenvalue weighted by Gasteiger charge is 1.62. The van der Waals surface area contributed by atoms with Gasteiger partial charge in [-0.05, 0) is 6.92 Å². The smallest absolute Gasteiger partial charge is 0.284 e. The molecule has 0 saturated carbocycles. The van der Waals surface area contributed by atoms with Crippen LogP contribution in [-0.2, 0) is 11.4 Å². The molecule has 0 aliphatic rings. The lowest BCUT2D eigenvalue weighted by atomic mass is 10.7. The molecule has 0 aromatic carbocycles. The molecule has 0 amide bonds. The van der Waals surface area contributed by atoms with E-state index in [-0.39, 0.29) is 5.83 Å². The van der Waals surface area contributed by atoms with Crippen molar-refractivity contribution in [2.75, 3.05) is 0 Å². The van der Waals surface area contributed by atoms with E-state index in [1.54, 1.807) is 0 Å². The third-order valence-electron chi connectivity index (χ3n) is 0. The summed E-state index contributed by atoms with van der Waals surface area (Å²) in [6.07, 6.45) is 0. The lowest BCUT2D eigenvalue weighted by molar-refractivity contribution is 0.454. The molecule has 0 bridgehead atoms. The van der Waals surface area contributed by atoms with Crippen LogP contribution >= 0.6 is 0 Å². The molecule has 3 nitrogen and oxygen atoms in total. The van der Waals surface area contributed by atoms with Crippen molar-refractivity contribution in [1.82, 2.24) is 0 Å². The molecule has 8 heavy (non-hydrogen) atoms. The average Bonchev–Trinajstić information content (AvgIpc) is 1.25. The van der Waals surface area contributed by atoms with E-state index in [0.29, 0.717) is 0 Å². The Morgan fingerprint density at radius 1 is 1.75 bits per heavy atom. The number of rotatable bonds is 0. The summed E-state index contributed by atoms with van der Waals surface area (Å²) in [4.78, 5) is 0. The number of halogens is 1. The summed E-state index contributed by atoms with van der Waals surface area (Å²) in [7, 11) is 0. The first-order valence-corrected chi connectivity index (χ1v) is 2.64. The molecule has 50 valence electrons. The first kappa shape index (κ1) is 10.7. The van der Waals surface area contributed by atoms with Gasteiger partial charge in [0.05, 0.1) is 5.83 Å². The summed E-state index contributed by atoms with van der Waals surface area (Å²) in [6, 6.07) is 0. The Kier molecular flexibility index (Phi) is 8.99. The quantitative estimate of drug-likeness (QED) is 0.499. The van der Waals surface area contributed by atoms with Crippen LogP contribution < -0.4 is 0 Å². The molecule has 0 spiro atoms. The van der Waals surface area contributed by atoms with Crippen molar-refractivity contribution >= 4 is 11.4 Å². The number of allylic oxidation sites excluding steroid dienone is 1. The van der Waals surface area contributed by atoms with Gasteiger partial charge in [-0.15, -0.1) is 0 Å². The van der Waals surface area contributed by atoms with Crippen molar-refractivity contribution < 1.29 is 17.7 Å². The maximum Gasteiger partial charge on any atom is 0.299 e. The minimum absolute atomic E-state index is 0.333. The number of hydrogen-bond donors (Lipinski definition) is 2. The first-order valence-electron chi connectivity index (χ1n) is 1.57. The summed E-state index contributed by atoms with van der Waals surface area (Å²) >= 11 is -2.61. The first-order chi connectivity index (χ1) is 3.46. The predicted molar refractivity (Wildman–Crippen MR) is 29.3 cm³/mol. The van der Waals surface area contributed by atoms with E-state index in [1.807, 2.05) is 0 Å². The summed E-state index contributed by atoms with van der Waals surface area (Å²) in [5, 5.41) is 0. The van der Waals surface area contributed by atoms with Gasteiger partial charge in [0.1, 0.15) is 0 Å². The fourth-order valence-corrected chi connectivity index (χ4v) is 0. The molecular formula is C3H7FO3S. The Hall–Kier alpha value is -0.260. The molecule has 0 aliphatic carbocycles. The van der Waals surface area contributed by atoms with Crippen molar-refractivity contribution in [2.45, 2.75) is 6.92 Å². The molecule has 5 heteroatoms. The third kappa shape index (κ3) is 1910. The Morgan fingerprint density at radius 2 is 1.75 bits per heavy atom. The van der Waals surface area contributed by atoms with E-state index in [0.717, 1.165) is 0 Å². The van der Waals surface area contributed by atoms with Gasteiger partial charge in [0.25, 0.3) is 11.4 Å². The lowest BCUT2D eigenvalue weighted by Crippen LogP contribution is -1.74. The molecule has 0 fully saturated rings. The summed E-state index contributed by atoms with van der Waals surface area (Å²) in [5.74, 6) is -0.333. The molecule has 0 saturated heterocycles. The third-order valence-corrected chi connectivity index (χ3v) is 0. The van der Waals surface area contributed by atoms with E-state index in [2.05, 4.69) is 6.58 Å². The molecule has 0 aliphatic heterocycles. The van der Waals surface area contributed by atoms with E-state index < -0.39 is 11.4 Å². The zero-order valence-electron chi connectivity index (χ0n) is 4.30. The van der Waals surface area contributed by atoms with Gasteiger partial charge >= 0.3 is 0 Å². The lowest BCUT2D eigenvalue weighted by Gasteiger charge is -1.59. The van der Waals surface area contributed by atoms with Crippen molar-refractivity contribution in [2.24, 2.45) is 0 Å². The second-order valence-corrected chi connectivity index (χ2v) is 1.37. The molecule has 0 radical (unpaired) electrons. The minimum Gasteiger partial charge on any atom is -0.284 e. The fraction of sp³-hybridized carbons (Fsp3) is 0.333. The highest BCUT2D eigenvalue weighted by molar-refractivity contribution is 7.73. The molecule has 0 aromatic rings. The van der Waals surface area contributed by atoms with Crippen molar-refractivity contribution in [3.05, 3.63) is 12.4 Å². The highest BCUT2D eigenvalue weighted by Crippen LogP contribution is 1.80. The molecule has 0 unspecified atom stereocenters. The summed E-state index contributed by atoms with van der Waals surface area (Å²) < 4.78 is 33.6.